The molecule has 3 nitrogen and oxygen atoms in total. The maximum absolute atomic E-state index is 10.0. The number of ether oxygens (including phenoxy) is 2. The van der Waals surface area contributed by atoms with Crippen molar-refractivity contribution in [2.45, 2.75) is 12.5 Å². The van der Waals surface area contributed by atoms with E-state index in [0.717, 1.165) is 17.7 Å². The van der Waals surface area contributed by atoms with Gasteiger partial charge in [-0.25, -0.2) is 0 Å². The Morgan fingerprint density at radius 2 is 1.70 bits per heavy atom. The molecule has 0 spiro atoms. The molecule has 0 heterocycles. The largest absolute Gasteiger partial charge is 0.491 e. The Hall–Kier alpha value is -1.84. The van der Waals surface area contributed by atoms with Gasteiger partial charge in [0, 0.05) is 7.11 Å². The van der Waals surface area contributed by atoms with Gasteiger partial charge in [0.05, 0.1) is 6.61 Å². The molecule has 0 saturated heterocycles. The molecule has 106 valence electrons. The summed E-state index contributed by atoms with van der Waals surface area (Å²) in [6, 6.07) is 17.4. The van der Waals surface area contributed by atoms with Crippen LogP contribution in [-0.4, -0.2) is 25.4 Å². The number of hydrogen-bond donors (Lipinski definition) is 1. The van der Waals surface area contributed by atoms with Crippen LogP contribution in [0.3, 0.4) is 0 Å². The highest BCUT2D eigenvalue weighted by Crippen LogP contribution is 2.17. The van der Waals surface area contributed by atoms with E-state index in [4.69, 9.17) is 9.47 Å². The van der Waals surface area contributed by atoms with Crippen molar-refractivity contribution < 1.29 is 14.6 Å². The van der Waals surface area contributed by atoms with E-state index >= 15 is 0 Å². The van der Waals surface area contributed by atoms with Crippen LogP contribution in [0.4, 0.5) is 0 Å². The molecule has 0 fully saturated rings. The van der Waals surface area contributed by atoms with Gasteiger partial charge in [-0.1, -0.05) is 42.5 Å². The number of hydrogen-bond acceptors (Lipinski definition) is 3. The third-order valence-electron chi connectivity index (χ3n) is 3.11. The molecular weight excluding hydrogens is 252 g/mol. The summed E-state index contributed by atoms with van der Waals surface area (Å²) in [6.07, 6.45) is 0.285. The van der Waals surface area contributed by atoms with Gasteiger partial charge in [0.25, 0.3) is 0 Å². The molecular formula is C17H20O3. The predicted molar refractivity (Wildman–Crippen MR) is 78.9 cm³/mol. The minimum absolute atomic E-state index is 0.251. The van der Waals surface area contributed by atoms with Gasteiger partial charge in [0.2, 0.25) is 0 Å². The van der Waals surface area contributed by atoms with Crippen LogP contribution in [0.15, 0.2) is 54.6 Å². The van der Waals surface area contributed by atoms with Gasteiger partial charge in [-0.2, -0.15) is 0 Å². The Bertz CT molecular complexity index is 493. The van der Waals surface area contributed by atoms with Crippen molar-refractivity contribution in [2.75, 3.05) is 20.3 Å². The molecule has 0 aliphatic rings. The van der Waals surface area contributed by atoms with Crippen LogP contribution in [0.1, 0.15) is 17.2 Å². The molecule has 2 aromatic rings. The minimum Gasteiger partial charge on any atom is -0.491 e. The first-order chi connectivity index (χ1) is 9.79. The number of aliphatic hydroxyl groups is 1. The Kier molecular flexibility index (Phi) is 5.59. The summed E-state index contributed by atoms with van der Waals surface area (Å²) < 4.78 is 10.6. The molecule has 1 N–H and O–H groups in total. The number of aliphatic hydroxyl groups excluding tert-OH is 1. The SMILES string of the molecule is COCCc1ccc(OCC(O)c2ccccc2)cc1. The zero-order chi connectivity index (χ0) is 14.2. The van der Waals surface area contributed by atoms with Crippen molar-refractivity contribution in [3.63, 3.8) is 0 Å². The maximum Gasteiger partial charge on any atom is 0.119 e. The summed E-state index contributed by atoms with van der Waals surface area (Å²) in [4.78, 5) is 0. The summed E-state index contributed by atoms with van der Waals surface area (Å²) in [5.41, 5.74) is 2.08. The Morgan fingerprint density at radius 1 is 1.00 bits per heavy atom. The molecule has 0 aliphatic heterocycles. The fraction of sp³-hybridized carbons (Fsp3) is 0.294. The Labute approximate surface area is 119 Å². The first-order valence-electron chi connectivity index (χ1n) is 6.73. The fourth-order valence-corrected chi connectivity index (χ4v) is 1.92. The molecule has 2 rings (SSSR count). The van der Waals surface area contributed by atoms with E-state index in [2.05, 4.69) is 0 Å². The molecule has 2 aromatic carbocycles. The summed E-state index contributed by atoms with van der Waals surface area (Å²) in [5.74, 6) is 0.765. The third kappa shape index (κ3) is 4.37. The van der Waals surface area contributed by atoms with E-state index in [1.807, 2.05) is 54.6 Å². The normalized spacial score (nSPS) is 12.1. The summed E-state index contributed by atoms with van der Waals surface area (Å²) in [5, 5.41) is 10.0. The van der Waals surface area contributed by atoms with Crippen molar-refractivity contribution in [2.24, 2.45) is 0 Å². The second-order valence-electron chi connectivity index (χ2n) is 4.62. The van der Waals surface area contributed by atoms with Gasteiger partial charge in [0.1, 0.15) is 18.5 Å². The van der Waals surface area contributed by atoms with E-state index in [1.165, 1.54) is 5.56 Å². The van der Waals surface area contributed by atoms with Crippen LogP contribution >= 0.6 is 0 Å². The van der Waals surface area contributed by atoms with Gasteiger partial charge in [-0.15, -0.1) is 0 Å². The summed E-state index contributed by atoms with van der Waals surface area (Å²) in [7, 11) is 1.70. The molecule has 3 heteroatoms. The molecule has 0 amide bonds. The predicted octanol–water partition coefficient (Wildman–Crippen LogP) is 2.99. The second-order valence-corrected chi connectivity index (χ2v) is 4.62. The average molecular weight is 272 g/mol. The Balaban J connectivity index is 1.84. The molecule has 20 heavy (non-hydrogen) atoms. The summed E-state index contributed by atoms with van der Waals surface area (Å²) in [6.45, 7) is 0.967. The molecule has 0 aromatic heterocycles. The van der Waals surface area contributed by atoms with E-state index in [9.17, 15) is 5.11 Å². The highest BCUT2D eigenvalue weighted by atomic mass is 16.5. The zero-order valence-electron chi connectivity index (χ0n) is 11.7. The Morgan fingerprint density at radius 3 is 2.35 bits per heavy atom. The molecule has 1 unspecified atom stereocenters. The maximum atomic E-state index is 10.0. The quantitative estimate of drug-likeness (QED) is 0.842. The highest BCUT2D eigenvalue weighted by Gasteiger charge is 2.07. The van der Waals surface area contributed by atoms with Gasteiger partial charge in [0.15, 0.2) is 0 Å². The van der Waals surface area contributed by atoms with Crippen molar-refractivity contribution in [1.29, 1.82) is 0 Å². The standard InChI is InChI=1S/C17H20O3/c1-19-12-11-14-7-9-16(10-8-14)20-13-17(18)15-5-3-2-4-6-15/h2-10,17-18H,11-13H2,1H3. The molecule has 0 bridgehead atoms. The fourth-order valence-electron chi connectivity index (χ4n) is 1.92. The van der Waals surface area contributed by atoms with Crippen molar-refractivity contribution in [3.05, 3.63) is 65.7 Å². The molecule has 0 aliphatic carbocycles. The zero-order valence-corrected chi connectivity index (χ0v) is 11.7. The lowest BCUT2D eigenvalue weighted by atomic mass is 10.1. The lowest BCUT2D eigenvalue weighted by Crippen LogP contribution is -2.09. The summed E-state index contributed by atoms with van der Waals surface area (Å²) >= 11 is 0. The first kappa shape index (κ1) is 14.6. The van der Waals surface area contributed by atoms with Gasteiger partial charge < -0.3 is 14.6 Å². The van der Waals surface area contributed by atoms with Crippen molar-refractivity contribution >= 4 is 0 Å². The van der Waals surface area contributed by atoms with Crippen LogP contribution in [0, 0.1) is 0 Å². The monoisotopic (exact) mass is 272 g/mol. The first-order valence-corrected chi connectivity index (χ1v) is 6.73. The van der Waals surface area contributed by atoms with E-state index < -0.39 is 6.10 Å². The molecule has 0 saturated carbocycles. The van der Waals surface area contributed by atoms with Crippen LogP contribution in [0.2, 0.25) is 0 Å². The van der Waals surface area contributed by atoms with Crippen LogP contribution in [-0.2, 0) is 11.2 Å². The van der Waals surface area contributed by atoms with Crippen molar-refractivity contribution in [1.82, 2.24) is 0 Å². The highest BCUT2D eigenvalue weighted by molar-refractivity contribution is 5.27. The number of rotatable bonds is 7. The van der Waals surface area contributed by atoms with Gasteiger partial charge >= 0.3 is 0 Å². The molecule has 1 atom stereocenters. The van der Waals surface area contributed by atoms with Gasteiger partial charge in [-0.3, -0.25) is 0 Å². The van der Waals surface area contributed by atoms with E-state index in [-0.39, 0.29) is 6.61 Å². The van der Waals surface area contributed by atoms with Gasteiger partial charge in [-0.05, 0) is 29.7 Å². The third-order valence-corrected chi connectivity index (χ3v) is 3.11. The van der Waals surface area contributed by atoms with Crippen LogP contribution < -0.4 is 4.74 Å². The van der Waals surface area contributed by atoms with Crippen molar-refractivity contribution in [3.8, 4) is 5.75 Å². The average Bonchev–Trinajstić information content (AvgIpc) is 2.52. The lowest BCUT2D eigenvalue weighted by molar-refractivity contribution is 0.108. The number of benzene rings is 2. The minimum atomic E-state index is -0.607. The van der Waals surface area contributed by atoms with E-state index in [1.54, 1.807) is 7.11 Å². The smallest absolute Gasteiger partial charge is 0.119 e. The molecule has 0 radical (unpaired) electrons. The topological polar surface area (TPSA) is 38.7 Å². The second kappa shape index (κ2) is 7.68. The number of methoxy groups -OCH3 is 1. The van der Waals surface area contributed by atoms with Crippen LogP contribution in [0.5, 0.6) is 5.75 Å². The van der Waals surface area contributed by atoms with Crippen LogP contribution in [0.25, 0.3) is 0 Å². The lowest BCUT2D eigenvalue weighted by Gasteiger charge is -2.13. The van der Waals surface area contributed by atoms with E-state index in [0.29, 0.717) is 6.61 Å².